The van der Waals surface area contributed by atoms with Crippen molar-refractivity contribution in [3.63, 3.8) is 0 Å². The van der Waals surface area contributed by atoms with Gasteiger partial charge in [-0.2, -0.15) is 0 Å². The molecule has 0 aliphatic heterocycles. The molecule has 1 aliphatic rings. The van der Waals surface area contributed by atoms with Gasteiger partial charge in [-0.05, 0) is 61.0 Å². The molecule has 2 rings (SSSR count). The van der Waals surface area contributed by atoms with Crippen LogP contribution in [0.5, 0.6) is 0 Å². The molecule has 106 valence electrons. The minimum Gasteiger partial charge on any atom is -0.398 e. The van der Waals surface area contributed by atoms with E-state index in [1.54, 1.807) is 0 Å². The van der Waals surface area contributed by atoms with Crippen LogP contribution in [0.4, 0.5) is 5.69 Å². The second-order valence-corrected chi connectivity index (χ2v) is 6.85. The van der Waals surface area contributed by atoms with Gasteiger partial charge in [0.15, 0.2) is 0 Å². The van der Waals surface area contributed by atoms with Gasteiger partial charge in [0, 0.05) is 11.3 Å². The van der Waals surface area contributed by atoms with Gasteiger partial charge in [-0.25, -0.2) is 0 Å². The van der Waals surface area contributed by atoms with E-state index in [1.807, 2.05) is 12.1 Å². The Labute approximate surface area is 122 Å². The van der Waals surface area contributed by atoms with Gasteiger partial charge in [0.05, 0.1) is 0 Å². The third-order valence-electron chi connectivity index (χ3n) is 4.05. The zero-order chi connectivity index (χ0) is 15.1. The largest absolute Gasteiger partial charge is 0.398 e. The molecule has 2 N–H and O–H groups in total. The highest BCUT2D eigenvalue weighted by Gasteiger charge is 2.29. The average molecular weight is 267 g/mol. The maximum absolute atomic E-state index is 6.13. The van der Waals surface area contributed by atoms with E-state index in [0.717, 1.165) is 29.7 Å². The molecule has 1 nitrogen and oxygen atoms in total. The molecule has 0 spiro atoms. The van der Waals surface area contributed by atoms with Gasteiger partial charge in [0.25, 0.3) is 0 Å². The van der Waals surface area contributed by atoms with Crippen molar-refractivity contribution in [1.29, 1.82) is 0 Å². The van der Waals surface area contributed by atoms with Crippen LogP contribution in [-0.4, -0.2) is 0 Å². The van der Waals surface area contributed by atoms with E-state index in [2.05, 4.69) is 46.9 Å². The lowest BCUT2D eigenvalue weighted by Gasteiger charge is -2.34. The number of anilines is 1. The van der Waals surface area contributed by atoms with Crippen molar-refractivity contribution in [1.82, 2.24) is 0 Å². The molecule has 0 aromatic heterocycles. The molecule has 0 saturated heterocycles. The van der Waals surface area contributed by atoms with Crippen LogP contribution in [0.1, 0.15) is 44.7 Å². The number of aryl methyl sites for hydroxylation is 1. The summed E-state index contributed by atoms with van der Waals surface area (Å²) < 4.78 is 0. The molecule has 0 unspecified atom stereocenters. The molecule has 0 fully saturated rings. The summed E-state index contributed by atoms with van der Waals surface area (Å²) in [6.07, 6.45) is 2.11. The fourth-order valence-electron chi connectivity index (χ4n) is 3.37. The molecule has 0 saturated carbocycles. The minimum atomic E-state index is 0.295. The van der Waals surface area contributed by atoms with Crippen molar-refractivity contribution in [2.24, 2.45) is 5.41 Å². The van der Waals surface area contributed by atoms with Crippen molar-refractivity contribution in [3.05, 3.63) is 59.2 Å². The number of rotatable bonds is 2. The van der Waals surface area contributed by atoms with Crippen molar-refractivity contribution < 1.29 is 0 Å². The lowest BCUT2D eigenvalue weighted by molar-refractivity contribution is 0.350. The second-order valence-electron chi connectivity index (χ2n) is 6.85. The molecule has 0 atom stereocenters. The SMILES string of the molecule is C=C1CC(C)(C)CC(C)=C1C(=C)c1cc(C)ccc1N. The van der Waals surface area contributed by atoms with Gasteiger partial charge in [0.2, 0.25) is 0 Å². The highest BCUT2D eigenvalue weighted by Crippen LogP contribution is 2.45. The van der Waals surface area contributed by atoms with E-state index in [9.17, 15) is 0 Å². The van der Waals surface area contributed by atoms with Crippen LogP contribution in [-0.2, 0) is 0 Å². The topological polar surface area (TPSA) is 26.0 Å². The normalized spacial score (nSPS) is 18.3. The lowest BCUT2D eigenvalue weighted by Crippen LogP contribution is -2.19. The van der Waals surface area contributed by atoms with Gasteiger partial charge in [0.1, 0.15) is 0 Å². The van der Waals surface area contributed by atoms with Crippen LogP contribution < -0.4 is 5.73 Å². The maximum atomic E-state index is 6.13. The summed E-state index contributed by atoms with van der Waals surface area (Å²) in [6, 6.07) is 6.11. The predicted octanol–water partition coefficient (Wildman–Crippen LogP) is 5.28. The van der Waals surface area contributed by atoms with E-state index >= 15 is 0 Å². The molecule has 0 heterocycles. The van der Waals surface area contributed by atoms with Crippen molar-refractivity contribution in [3.8, 4) is 0 Å². The Morgan fingerprint density at radius 2 is 1.85 bits per heavy atom. The molecular formula is C19H25N. The van der Waals surface area contributed by atoms with Gasteiger partial charge in [-0.1, -0.05) is 44.2 Å². The van der Waals surface area contributed by atoms with Crippen LogP contribution >= 0.6 is 0 Å². The van der Waals surface area contributed by atoms with E-state index < -0.39 is 0 Å². The first-order chi connectivity index (χ1) is 9.21. The highest BCUT2D eigenvalue weighted by molar-refractivity contribution is 5.88. The van der Waals surface area contributed by atoms with E-state index in [4.69, 9.17) is 5.73 Å². The van der Waals surface area contributed by atoms with E-state index in [0.29, 0.717) is 5.41 Å². The number of hydrogen-bond donors (Lipinski definition) is 1. The maximum Gasteiger partial charge on any atom is 0.0393 e. The smallest absolute Gasteiger partial charge is 0.0393 e. The first kappa shape index (κ1) is 14.6. The van der Waals surface area contributed by atoms with Gasteiger partial charge in [-0.3, -0.25) is 0 Å². The average Bonchev–Trinajstić information content (AvgIpc) is 2.29. The minimum absolute atomic E-state index is 0.295. The van der Waals surface area contributed by atoms with Crippen molar-refractivity contribution >= 4 is 11.3 Å². The fraction of sp³-hybridized carbons (Fsp3) is 0.368. The van der Waals surface area contributed by atoms with Crippen LogP contribution in [0.2, 0.25) is 0 Å². The first-order valence-electron chi connectivity index (χ1n) is 7.15. The zero-order valence-corrected chi connectivity index (χ0v) is 13.1. The van der Waals surface area contributed by atoms with Crippen LogP contribution in [0.3, 0.4) is 0 Å². The van der Waals surface area contributed by atoms with Crippen LogP contribution in [0.25, 0.3) is 5.57 Å². The summed E-state index contributed by atoms with van der Waals surface area (Å²) in [5.41, 5.74) is 14.3. The monoisotopic (exact) mass is 267 g/mol. The Morgan fingerprint density at radius 3 is 2.45 bits per heavy atom. The summed E-state index contributed by atoms with van der Waals surface area (Å²) in [7, 11) is 0. The number of nitrogens with two attached hydrogens (primary N) is 1. The molecule has 0 bridgehead atoms. The molecule has 1 aliphatic carbocycles. The Bertz CT molecular complexity index is 615. The molecule has 1 aromatic rings. The Morgan fingerprint density at radius 1 is 1.20 bits per heavy atom. The summed E-state index contributed by atoms with van der Waals surface area (Å²) in [4.78, 5) is 0. The number of hydrogen-bond acceptors (Lipinski definition) is 1. The lowest BCUT2D eigenvalue weighted by atomic mass is 9.70. The molecule has 1 heteroatoms. The summed E-state index contributed by atoms with van der Waals surface area (Å²) in [5, 5.41) is 0. The first-order valence-corrected chi connectivity index (χ1v) is 7.15. The summed E-state index contributed by atoms with van der Waals surface area (Å²) >= 11 is 0. The summed E-state index contributed by atoms with van der Waals surface area (Å²) in [6.45, 7) is 17.4. The molecule has 1 aromatic carbocycles. The summed E-state index contributed by atoms with van der Waals surface area (Å²) in [5.74, 6) is 0. The third-order valence-corrected chi connectivity index (χ3v) is 4.05. The number of allylic oxidation sites excluding steroid dienone is 4. The predicted molar refractivity (Wildman–Crippen MR) is 89.5 cm³/mol. The van der Waals surface area contributed by atoms with Crippen molar-refractivity contribution in [2.45, 2.75) is 40.5 Å². The van der Waals surface area contributed by atoms with Gasteiger partial charge >= 0.3 is 0 Å². The van der Waals surface area contributed by atoms with Crippen LogP contribution in [0, 0.1) is 12.3 Å². The third kappa shape index (κ3) is 2.72. The van der Waals surface area contributed by atoms with Crippen LogP contribution in [0.15, 0.2) is 48.1 Å². The van der Waals surface area contributed by atoms with E-state index in [1.165, 1.54) is 22.3 Å². The van der Waals surface area contributed by atoms with Gasteiger partial charge in [-0.15, -0.1) is 0 Å². The molecule has 20 heavy (non-hydrogen) atoms. The Hall–Kier alpha value is -1.76. The highest BCUT2D eigenvalue weighted by atomic mass is 14.6. The standard InChI is InChI=1S/C19H25N/c1-12-7-8-17(20)16(9-12)15(4)18-13(2)10-19(5,6)11-14(18)3/h7-9H,2,4,10-11,20H2,1,3,5-6H3. The van der Waals surface area contributed by atoms with E-state index in [-0.39, 0.29) is 0 Å². The number of nitrogen functional groups attached to an aromatic ring is 1. The zero-order valence-electron chi connectivity index (χ0n) is 13.1. The number of benzene rings is 1. The Kier molecular flexibility index (Phi) is 3.64. The molecular weight excluding hydrogens is 242 g/mol. The fourth-order valence-corrected chi connectivity index (χ4v) is 3.37. The Balaban J connectivity index is 2.48. The van der Waals surface area contributed by atoms with Crippen molar-refractivity contribution in [2.75, 3.05) is 5.73 Å². The molecule has 0 amide bonds. The molecule has 0 radical (unpaired) electrons. The second kappa shape index (κ2) is 4.97. The quantitative estimate of drug-likeness (QED) is 0.724. The van der Waals surface area contributed by atoms with Gasteiger partial charge < -0.3 is 5.73 Å².